The van der Waals surface area contributed by atoms with Crippen molar-refractivity contribution in [2.24, 2.45) is 0 Å². The highest BCUT2D eigenvalue weighted by Crippen LogP contribution is 2.32. The third-order valence-electron chi connectivity index (χ3n) is 5.63. The molecule has 2 aromatic rings. The number of hydrogen-bond acceptors (Lipinski definition) is 0. The lowest BCUT2D eigenvalue weighted by molar-refractivity contribution is 0.556. The molecule has 116 valence electrons. The molecular weight excluding hydrogens is 268 g/mol. The first kappa shape index (κ1) is 13.9. The summed E-state index contributed by atoms with van der Waals surface area (Å²) in [6.45, 7) is 6.42. The van der Waals surface area contributed by atoms with Crippen LogP contribution in [0.1, 0.15) is 66.9 Å². The van der Waals surface area contributed by atoms with Crippen molar-refractivity contribution in [1.29, 1.82) is 0 Å². The Balaban J connectivity index is 1.77. The first-order valence-corrected chi connectivity index (χ1v) is 8.83. The van der Waals surface area contributed by atoms with Crippen molar-refractivity contribution >= 4 is 6.20 Å². The summed E-state index contributed by atoms with van der Waals surface area (Å²) >= 11 is 0. The van der Waals surface area contributed by atoms with Gasteiger partial charge in [0.25, 0.3) is 0 Å². The molecule has 0 fully saturated rings. The Morgan fingerprint density at radius 2 is 1.68 bits per heavy atom. The molecule has 2 aromatic heterocycles. The van der Waals surface area contributed by atoms with Crippen molar-refractivity contribution in [2.45, 2.75) is 64.3 Å². The van der Waals surface area contributed by atoms with E-state index in [1.54, 1.807) is 16.8 Å². The Kier molecular flexibility index (Phi) is 3.48. The van der Waals surface area contributed by atoms with Crippen LogP contribution in [0.15, 0.2) is 24.9 Å². The number of aryl methyl sites for hydroxylation is 2. The third kappa shape index (κ3) is 2.08. The molecule has 0 aliphatic heterocycles. The second-order valence-electron chi connectivity index (χ2n) is 6.88. The summed E-state index contributed by atoms with van der Waals surface area (Å²) in [7, 11) is 0. The molecular formula is C20H26N2. The van der Waals surface area contributed by atoms with Gasteiger partial charge in [-0.1, -0.05) is 6.58 Å². The van der Waals surface area contributed by atoms with Gasteiger partial charge in [-0.15, -0.1) is 0 Å². The van der Waals surface area contributed by atoms with Crippen LogP contribution < -0.4 is 0 Å². The lowest BCUT2D eigenvalue weighted by Gasteiger charge is -2.22. The van der Waals surface area contributed by atoms with Crippen molar-refractivity contribution in [2.75, 3.05) is 0 Å². The first-order valence-electron chi connectivity index (χ1n) is 8.83. The van der Waals surface area contributed by atoms with E-state index in [1.165, 1.54) is 62.8 Å². The molecule has 0 N–H and O–H groups in total. The average molecular weight is 294 g/mol. The normalized spacial score (nSPS) is 18.6. The van der Waals surface area contributed by atoms with Crippen LogP contribution in [0.2, 0.25) is 0 Å². The molecule has 0 aromatic carbocycles. The molecule has 0 spiro atoms. The average Bonchev–Trinajstić information content (AvgIpc) is 3.15. The van der Waals surface area contributed by atoms with Crippen LogP contribution in [0.5, 0.6) is 0 Å². The van der Waals surface area contributed by atoms with E-state index in [-0.39, 0.29) is 0 Å². The van der Waals surface area contributed by atoms with E-state index in [0.717, 1.165) is 0 Å². The second-order valence-corrected chi connectivity index (χ2v) is 6.88. The van der Waals surface area contributed by atoms with Crippen molar-refractivity contribution in [3.63, 3.8) is 0 Å². The van der Waals surface area contributed by atoms with Gasteiger partial charge < -0.3 is 9.13 Å². The minimum atomic E-state index is 0.394. The van der Waals surface area contributed by atoms with Crippen LogP contribution in [0, 0.1) is 0 Å². The highest BCUT2D eigenvalue weighted by Gasteiger charge is 2.23. The highest BCUT2D eigenvalue weighted by atomic mass is 15.1. The Hall–Kier alpha value is -1.70. The summed E-state index contributed by atoms with van der Waals surface area (Å²) in [5.41, 5.74) is 7.59. The lowest BCUT2D eigenvalue weighted by atomic mass is 9.97. The van der Waals surface area contributed by atoms with E-state index in [4.69, 9.17) is 0 Å². The standard InChI is InChI=1S/C20H26N2/c1-3-21-19-11-7-5-9-17(19)14-20(21)15(2)22-13-12-16-8-4-6-10-18(16)22/h3,12-15H,1,4-11H2,2H3. The maximum atomic E-state index is 4.08. The number of aromatic nitrogens is 2. The van der Waals surface area contributed by atoms with Gasteiger partial charge in [-0.3, -0.25) is 0 Å². The first-order chi connectivity index (χ1) is 10.8. The fourth-order valence-corrected chi connectivity index (χ4v) is 4.44. The highest BCUT2D eigenvalue weighted by molar-refractivity contribution is 5.41. The van der Waals surface area contributed by atoms with E-state index in [9.17, 15) is 0 Å². The molecule has 2 nitrogen and oxygen atoms in total. The van der Waals surface area contributed by atoms with Gasteiger partial charge in [-0.25, -0.2) is 0 Å². The molecule has 1 atom stereocenters. The summed E-state index contributed by atoms with van der Waals surface area (Å²) in [4.78, 5) is 0. The van der Waals surface area contributed by atoms with Gasteiger partial charge in [0, 0.05) is 29.5 Å². The number of nitrogens with zero attached hydrogens (tertiary/aromatic N) is 2. The van der Waals surface area contributed by atoms with Gasteiger partial charge >= 0.3 is 0 Å². The molecule has 22 heavy (non-hydrogen) atoms. The molecule has 0 amide bonds. The minimum absolute atomic E-state index is 0.394. The fraction of sp³-hybridized carbons (Fsp3) is 0.500. The van der Waals surface area contributed by atoms with Crippen LogP contribution in [-0.4, -0.2) is 9.13 Å². The van der Waals surface area contributed by atoms with Gasteiger partial charge in [0.15, 0.2) is 0 Å². The van der Waals surface area contributed by atoms with Crippen LogP contribution in [0.4, 0.5) is 0 Å². The predicted octanol–water partition coefficient (Wildman–Crippen LogP) is 4.76. The van der Waals surface area contributed by atoms with Crippen LogP contribution in [0.25, 0.3) is 6.20 Å². The molecule has 1 unspecified atom stereocenters. The van der Waals surface area contributed by atoms with E-state index < -0.39 is 0 Å². The molecule has 0 bridgehead atoms. The summed E-state index contributed by atoms with van der Waals surface area (Å²) < 4.78 is 4.88. The quantitative estimate of drug-likeness (QED) is 0.772. The van der Waals surface area contributed by atoms with Gasteiger partial charge in [0.05, 0.1) is 6.04 Å². The van der Waals surface area contributed by atoms with Crippen LogP contribution >= 0.6 is 0 Å². The van der Waals surface area contributed by atoms with Crippen LogP contribution in [0.3, 0.4) is 0 Å². The Bertz CT molecular complexity index is 702. The monoisotopic (exact) mass is 294 g/mol. The van der Waals surface area contributed by atoms with Crippen molar-refractivity contribution in [1.82, 2.24) is 9.13 Å². The Labute approximate surface area is 133 Å². The maximum Gasteiger partial charge on any atom is 0.0709 e. The zero-order valence-electron chi connectivity index (χ0n) is 13.6. The van der Waals surface area contributed by atoms with Gasteiger partial charge in [0.1, 0.15) is 0 Å². The fourth-order valence-electron chi connectivity index (χ4n) is 4.44. The smallest absolute Gasteiger partial charge is 0.0709 e. The maximum absolute atomic E-state index is 4.08. The van der Waals surface area contributed by atoms with E-state index in [0.29, 0.717) is 6.04 Å². The Morgan fingerprint density at radius 1 is 1.00 bits per heavy atom. The van der Waals surface area contributed by atoms with Gasteiger partial charge in [0.2, 0.25) is 0 Å². The zero-order chi connectivity index (χ0) is 15.1. The molecule has 0 saturated heterocycles. The van der Waals surface area contributed by atoms with E-state index in [1.807, 2.05) is 6.20 Å². The number of fused-ring (bicyclic) bond motifs is 2. The largest absolute Gasteiger partial charge is 0.343 e. The van der Waals surface area contributed by atoms with Crippen LogP contribution in [-0.2, 0) is 25.7 Å². The van der Waals surface area contributed by atoms with Gasteiger partial charge in [-0.2, -0.15) is 0 Å². The van der Waals surface area contributed by atoms with E-state index >= 15 is 0 Å². The summed E-state index contributed by atoms with van der Waals surface area (Å²) in [5, 5.41) is 0. The number of rotatable bonds is 3. The van der Waals surface area contributed by atoms with Crippen molar-refractivity contribution < 1.29 is 0 Å². The predicted molar refractivity (Wildman–Crippen MR) is 92.3 cm³/mol. The molecule has 0 radical (unpaired) electrons. The summed E-state index contributed by atoms with van der Waals surface area (Å²) in [6.07, 6.45) is 14.6. The molecule has 4 rings (SSSR count). The summed E-state index contributed by atoms with van der Waals surface area (Å²) in [5.74, 6) is 0. The zero-order valence-corrected chi connectivity index (χ0v) is 13.6. The van der Waals surface area contributed by atoms with Gasteiger partial charge in [-0.05, 0) is 81.5 Å². The van der Waals surface area contributed by atoms with Crippen molar-refractivity contribution in [3.8, 4) is 0 Å². The lowest BCUT2D eigenvalue weighted by Crippen LogP contribution is -2.15. The van der Waals surface area contributed by atoms with Crippen molar-refractivity contribution in [3.05, 3.63) is 53.1 Å². The third-order valence-corrected chi connectivity index (χ3v) is 5.63. The second kappa shape index (κ2) is 5.49. The molecule has 2 aliphatic carbocycles. The SMILES string of the molecule is C=Cn1c(C(C)n2ccc3c2CCCC3)cc2c1CCCC2. The summed E-state index contributed by atoms with van der Waals surface area (Å²) in [6, 6.07) is 5.17. The van der Waals surface area contributed by atoms with E-state index in [2.05, 4.69) is 41.0 Å². The molecule has 2 aliphatic rings. The topological polar surface area (TPSA) is 9.86 Å². The number of hydrogen-bond donors (Lipinski definition) is 0. The molecule has 2 heterocycles. The molecule has 0 saturated carbocycles. The minimum Gasteiger partial charge on any atom is -0.343 e. The Morgan fingerprint density at radius 3 is 2.45 bits per heavy atom. The molecule has 2 heteroatoms.